The minimum atomic E-state index is -1.22. The van der Waals surface area contributed by atoms with Gasteiger partial charge < -0.3 is 20.5 Å². The number of hydrogen-bond donors (Lipinski definition) is 3. The van der Waals surface area contributed by atoms with Crippen LogP contribution in [0.3, 0.4) is 0 Å². The molecule has 1 amide bonds. The number of hydrogen-bond acceptors (Lipinski definition) is 4. The van der Waals surface area contributed by atoms with Gasteiger partial charge in [-0.2, -0.15) is 0 Å². The van der Waals surface area contributed by atoms with Gasteiger partial charge in [-0.15, -0.1) is 0 Å². The molecule has 6 nitrogen and oxygen atoms in total. The molecule has 0 aliphatic rings. The van der Waals surface area contributed by atoms with Crippen molar-refractivity contribution < 1.29 is 19.4 Å². The zero-order valence-corrected chi connectivity index (χ0v) is 18.0. The van der Waals surface area contributed by atoms with Crippen molar-refractivity contribution in [1.82, 2.24) is 0 Å². The summed E-state index contributed by atoms with van der Waals surface area (Å²) >= 11 is 12.5. The normalized spacial score (nSPS) is 11.6. The first-order valence-corrected chi connectivity index (χ1v) is 9.94. The lowest BCUT2D eigenvalue weighted by Gasteiger charge is -2.16. The molecular formula is C21H24Cl2N2O4. The van der Waals surface area contributed by atoms with Crippen LogP contribution in [0.2, 0.25) is 10.0 Å². The molecular weight excluding hydrogens is 415 g/mol. The van der Waals surface area contributed by atoms with Crippen molar-refractivity contribution in [2.45, 2.75) is 46.3 Å². The van der Waals surface area contributed by atoms with Crippen LogP contribution in [0, 0.1) is 6.92 Å². The number of halogens is 2. The Balaban J connectivity index is 2.11. The predicted molar refractivity (Wildman–Crippen MR) is 116 cm³/mol. The van der Waals surface area contributed by atoms with E-state index >= 15 is 0 Å². The van der Waals surface area contributed by atoms with E-state index in [2.05, 4.69) is 30.5 Å². The summed E-state index contributed by atoms with van der Waals surface area (Å²) in [5, 5.41) is 15.0. The summed E-state index contributed by atoms with van der Waals surface area (Å²) < 4.78 is 5.82. The maximum absolute atomic E-state index is 11.6. The smallest absolute Gasteiger partial charge is 0.312 e. The van der Waals surface area contributed by atoms with Crippen LogP contribution in [0.4, 0.5) is 11.4 Å². The number of nitrogens with one attached hydrogen (secondary N) is 2. The Morgan fingerprint density at radius 3 is 2.34 bits per heavy atom. The van der Waals surface area contributed by atoms with E-state index in [1.807, 2.05) is 19.1 Å². The molecule has 1 unspecified atom stereocenters. The highest BCUT2D eigenvalue weighted by Gasteiger charge is 2.14. The Hall–Kier alpha value is -2.44. The molecule has 2 aromatic carbocycles. The van der Waals surface area contributed by atoms with Gasteiger partial charge in [0.1, 0.15) is 13.0 Å². The fourth-order valence-corrected chi connectivity index (χ4v) is 3.28. The molecule has 2 aromatic rings. The quantitative estimate of drug-likeness (QED) is 0.449. The highest BCUT2D eigenvalue weighted by molar-refractivity contribution is 6.37. The number of carboxylic acid groups (broad SMARTS) is 1. The molecule has 0 heterocycles. The first-order chi connectivity index (χ1) is 13.7. The zero-order valence-electron chi connectivity index (χ0n) is 16.5. The molecule has 0 aliphatic carbocycles. The van der Waals surface area contributed by atoms with Crippen LogP contribution in [0.25, 0.3) is 0 Å². The van der Waals surface area contributed by atoms with Crippen LogP contribution in [-0.4, -0.2) is 23.0 Å². The predicted octanol–water partition coefficient (Wildman–Crippen LogP) is 5.50. The third-order valence-electron chi connectivity index (χ3n) is 4.14. The van der Waals surface area contributed by atoms with E-state index < -0.39 is 18.3 Å². The first kappa shape index (κ1) is 22.8. The summed E-state index contributed by atoms with van der Waals surface area (Å²) in [4.78, 5) is 22.2. The molecule has 0 aliphatic heterocycles. The molecule has 0 radical (unpaired) electrons. The standard InChI is InChI=1S/C21H24Cl2N2O4/c1-4-13(3)24-15-6-12(2)5-14(7-15)11-29-21-17(22)8-16(9-18(21)23)25-19(26)10-20(27)28/h5-9,13,24H,4,10-11H2,1-3H3,(H,25,26)(H,27,28). The van der Waals surface area contributed by atoms with Crippen molar-refractivity contribution in [1.29, 1.82) is 0 Å². The Labute approximate surface area is 180 Å². The van der Waals surface area contributed by atoms with Crippen molar-refractivity contribution in [3.05, 3.63) is 51.5 Å². The largest absolute Gasteiger partial charge is 0.486 e. The molecule has 0 saturated carbocycles. The van der Waals surface area contributed by atoms with E-state index in [1.165, 1.54) is 12.1 Å². The summed E-state index contributed by atoms with van der Waals surface area (Å²) in [6, 6.07) is 9.40. The second kappa shape index (κ2) is 10.4. The van der Waals surface area contributed by atoms with Crippen LogP contribution in [0.5, 0.6) is 5.75 Å². The monoisotopic (exact) mass is 438 g/mol. The van der Waals surface area contributed by atoms with Crippen LogP contribution in [0.15, 0.2) is 30.3 Å². The van der Waals surface area contributed by atoms with Crippen molar-refractivity contribution in [2.75, 3.05) is 10.6 Å². The molecule has 8 heteroatoms. The van der Waals surface area contributed by atoms with Gasteiger partial charge in [0.2, 0.25) is 5.91 Å². The number of anilines is 2. The van der Waals surface area contributed by atoms with E-state index in [4.69, 9.17) is 33.0 Å². The molecule has 29 heavy (non-hydrogen) atoms. The molecule has 0 spiro atoms. The summed E-state index contributed by atoms with van der Waals surface area (Å²) in [6.45, 7) is 6.52. The second-order valence-corrected chi connectivity index (χ2v) is 7.65. The van der Waals surface area contributed by atoms with Gasteiger partial charge in [0.25, 0.3) is 0 Å². The van der Waals surface area contributed by atoms with Gasteiger partial charge in [0.05, 0.1) is 10.0 Å². The number of ether oxygens (including phenoxy) is 1. The SMILES string of the molecule is CCC(C)Nc1cc(C)cc(COc2c(Cl)cc(NC(=O)CC(=O)O)cc2Cl)c1. The van der Waals surface area contributed by atoms with Gasteiger partial charge >= 0.3 is 5.97 Å². The van der Waals surface area contributed by atoms with Crippen LogP contribution in [0.1, 0.15) is 37.8 Å². The molecule has 0 fully saturated rings. The van der Waals surface area contributed by atoms with Gasteiger partial charge in [-0.05, 0) is 55.7 Å². The van der Waals surface area contributed by atoms with Crippen LogP contribution < -0.4 is 15.4 Å². The number of aryl methyl sites for hydroxylation is 1. The minimum Gasteiger partial charge on any atom is -0.486 e. The van der Waals surface area contributed by atoms with Gasteiger partial charge in [-0.1, -0.05) is 36.2 Å². The van der Waals surface area contributed by atoms with Crippen molar-refractivity contribution in [3.8, 4) is 5.75 Å². The Morgan fingerprint density at radius 1 is 1.10 bits per heavy atom. The number of carboxylic acids is 1. The number of aliphatic carboxylic acids is 1. The summed E-state index contributed by atoms with van der Waals surface area (Å²) in [5.74, 6) is -1.60. The molecule has 156 valence electrons. The van der Waals surface area contributed by atoms with Crippen molar-refractivity contribution >= 4 is 46.5 Å². The third-order valence-corrected chi connectivity index (χ3v) is 4.70. The average molecular weight is 439 g/mol. The van der Waals surface area contributed by atoms with E-state index in [1.54, 1.807) is 0 Å². The Kier molecular flexibility index (Phi) is 8.17. The van der Waals surface area contributed by atoms with E-state index in [-0.39, 0.29) is 16.7 Å². The van der Waals surface area contributed by atoms with E-state index in [0.717, 1.165) is 23.2 Å². The average Bonchev–Trinajstić information content (AvgIpc) is 2.59. The van der Waals surface area contributed by atoms with Gasteiger partial charge in [0.15, 0.2) is 5.75 Å². The van der Waals surface area contributed by atoms with Crippen LogP contribution >= 0.6 is 23.2 Å². The summed E-state index contributed by atoms with van der Waals surface area (Å²) in [5.41, 5.74) is 3.38. The maximum atomic E-state index is 11.6. The summed E-state index contributed by atoms with van der Waals surface area (Å²) in [7, 11) is 0. The maximum Gasteiger partial charge on any atom is 0.312 e. The number of carbonyl (C=O) groups is 2. The van der Waals surface area contributed by atoms with E-state index in [0.29, 0.717) is 17.5 Å². The number of carbonyl (C=O) groups excluding carboxylic acids is 1. The van der Waals surface area contributed by atoms with Crippen LogP contribution in [-0.2, 0) is 16.2 Å². The zero-order chi connectivity index (χ0) is 21.6. The second-order valence-electron chi connectivity index (χ2n) is 6.84. The molecule has 3 N–H and O–H groups in total. The lowest BCUT2D eigenvalue weighted by atomic mass is 10.1. The Bertz CT molecular complexity index is 879. The summed E-state index contributed by atoms with van der Waals surface area (Å²) in [6.07, 6.45) is 0.369. The fourth-order valence-electron chi connectivity index (χ4n) is 2.68. The fraction of sp³-hybridized carbons (Fsp3) is 0.333. The molecule has 0 saturated heterocycles. The Morgan fingerprint density at radius 2 is 1.76 bits per heavy atom. The highest BCUT2D eigenvalue weighted by atomic mass is 35.5. The lowest BCUT2D eigenvalue weighted by molar-refractivity contribution is -0.139. The minimum absolute atomic E-state index is 0.216. The van der Waals surface area contributed by atoms with Gasteiger partial charge in [-0.25, -0.2) is 0 Å². The lowest BCUT2D eigenvalue weighted by Crippen LogP contribution is -2.15. The van der Waals surface area contributed by atoms with Crippen molar-refractivity contribution in [2.24, 2.45) is 0 Å². The number of amides is 1. The first-order valence-electron chi connectivity index (χ1n) is 9.18. The molecule has 0 bridgehead atoms. The molecule has 2 rings (SSSR count). The molecule has 1 atom stereocenters. The molecule has 0 aromatic heterocycles. The number of benzene rings is 2. The van der Waals surface area contributed by atoms with Gasteiger partial charge in [-0.3, -0.25) is 9.59 Å². The highest BCUT2D eigenvalue weighted by Crippen LogP contribution is 2.36. The topological polar surface area (TPSA) is 87.7 Å². The van der Waals surface area contributed by atoms with E-state index in [9.17, 15) is 9.59 Å². The van der Waals surface area contributed by atoms with Crippen molar-refractivity contribution in [3.63, 3.8) is 0 Å². The number of rotatable bonds is 9. The van der Waals surface area contributed by atoms with Gasteiger partial charge in [0, 0.05) is 17.4 Å². The third kappa shape index (κ3) is 7.15.